The van der Waals surface area contributed by atoms with Gasteiger partial charge in [0.25, 0.3) is 5.91 Å². The Morgan fingerprint density at radius 2 is 2.29 bits per heavy atom. The molecule has 17 heavy (non-hydrogen) atoms. The molecule has 1 amide bonds. The molecule has 1 atom stereocenters. The third-order valence-corrected chi connectivity index (χ3v) is 4.11. The second-order valence-corrected chi connectivity index (χ2v) is 5.38. The summed E-state index contributed by atoms with van der Waals surface area (Å²) in [7, 11) is 1.51. The Morgan fingerprint density at radius 1 is 1.53 bits per heavy atom. The number of hydrazine groups is 1. The number of thioether (sulfide) groups is 1. The van der Waals surface area contributed by atoms with Crippen LogP contribution in [0.1, 0.15) is 23.6 Å². The summed E-state index contributed by atoms with van der Waals surface area (Å²) in [5.41, 5.74) is 8.03. The van der Waals surface area contributed by atoms with Crippen molar-refractivity contribution in [1.29, 1.82) is 0 Å². The number of fused-ring (bicyclic) bond motifs is 1. The summed E-state index contributed by atoms with van der Waals surface area (Å²) in [5, 5.41) is 1.04. The molecule has 92 valence electrons. The molecule has 4 N–H and O–H groups in total. The number of amides is 1. The van der Waals surface area contributed by atoms with Crippen LogP contribution in [-0.4, -0.2) is 23.7 Å². The van der Waals surface area contributed by atoms with Gasteiger partial charge in [0.05, 0.1) is 0 Å². The number of nitrogens with zero attached hydrogens (tertiary/aromatic N) is 1. The van der Waals surface area contributed by atoms with Crippen LogP contribution < -0.4 is 11.6 Å². The smallest absolute Gasteiger partial charge is 0.257 e. The lowest BCUT2D eigenvalue weighted by atomic mass is 10.0. The summed E-state index contributed by atoms with van der Waals surface area (Å²) in [5.74, 6) is 6.31. The Kier molecular flexibility index (Phi) is 3.71. The Hall–Kier alpha value is -1.04. The fourth-order valence-electron chi connectivity index (χ4n) is 1.94. The number of nitrogens with two attached hydrogens (primary N) is 2. The summed E-state index contributed by atoms with van der Waals surface area (Å²) >= 11 is 1.86. The van der Waals surface area contributed by atoms with Gasteiger partial charge in [0.2, 0.25) is 0 Å². The van der Waals surface area contributed by atoms with Gasteiger partial charge in [0, 0.05) is 11.9 Å². The maximum absolute atomic E-state index is 11.7. The molecule has 0 radical (unpaired) electrons. The topological polar surface area (TPSA) is 72.3 Å². The first-order chi connectivity index (χ1) is 8.09. The van der Waals surface area contributed by atoms with E-state index in [1.807, 2.05) is 23.9 Å². The second-order valence-electron chi connectivity index (χ2n) is 4.25. The van der Waals surface area contributed by atoms with Gasteiger partial charge in [-0.25, -0.2) is 5.84 Å². The van der Waals surface area contributed by atoms with E-state index in [9.17, 15) is 4.79 Å². The highest BCUT2D eigenvalue weighted by atomic mass is 32.2. The quantitative estimate of drug-likeness (QED) is 0.468. The lowest BCUT2D eigenvalue weighted by Crippen LogP contribution is -2.40. The highest BCUT2D eigenvalue weighted by molar-refractivity contribution is 7.99. The number of aryl methyl sites for hydroxylation is 1. The number of hydrogen-bond acceptors (Lipinski definition) is 4. The van der Waals surface area contributed by atoms with Crippen LogP contribution in [0.5, 0.6) is 0 Å². The fraction of sp³-hybridized carbons (Fsp3) is 0.417. The van der Waals surface area contributed by atoms with E-state index in [1.165, 1.54) is 29.7 Å². The van der Waals surface area contributed by atoms with Crippen molar-refractivity contribution in [3.63, 3.8) is 0 Å². The van der Waals surface area contributed by atoms with Crippen LogP contribution in [0, 0.1) is 0 Å². The van der Waals surface area contributed by atoms with E-state index in [4.69, 9.17) is 11.6 Å². The van der Waals surface area contributed by atoms with Gasteiger partial charge in [-0.3, -0.25) is 9.80 Å². The van der Waals surface area contributed by atoms with Crippen molar-refractivity contribution in [3.05, 3.63) is 29.3 Å². The number of rotatable bonds is 2. The van der Waals surface area contributed by atoms with E-state index >= 15 is 0 Å². The van der Waals surface area contributed by atoms with Crippen LogP contribution in [-0.2, 0) is 11.2 Å². The Morgan fingerprint density at radius 3 is 3.00 bits per heavy atom. The first-order valence-corrected chi connectivity index (χ1v) is 6.61. The maximum atomic E-state index is 11.7. The molecule has 0 aromatic heterocycles. The Bertz CT molecular complexity index is 434. The molecule has 1 heterocycles. The molecular weight excluding hydrogens is 234 g/mol. The van der Waals surface area contributed by atoms with E-state index in [1.54, 1.807) is 0 Å². The van der Waals surface area contributed by atoms with Gasteiger partial charge in [-0.15, -0.1) is 11.8 Å². The van der Waals surface area contributed by atoms with Gasteiger partial charge in [-0.05, 0) is 35.8 Å². The summed E-state index contributed by atoms with van der Waals surface area (Å²) in [6, 6.07) is 5.34. The zero-order valence-electron chi connectivity index (χ0n) is 9.85. The van der Waals surface area contributed by atoms with Gasteiger partial charge in [-0.2, -0.15) is 0 Å². The van der Waals surface area contributed by atoms with E-state index < -0.39 is 6.04 Å². The Balaban J connectivity index is 2.24. The zero-order valence-corrected chi connectivity index (χ0v) is 10.7. The van der Waals surface area contributed by atoms with Crippen molar-refractivity contribution in [3.8, 4) is 0 Å². The molecule has 1 unspecified atom stereocenters. The first kappa shape index (κ1) is 12.4. The van der Waals surface area contributed by atoms with E-state index in [2.05, 4.69) is 6.07 Å². The van der Waals surface area contributed by atoms with Crippen LogP contribution in [0.3, 0.4) is 0 Å². The molecule has 1 aliphatic heterocycles. The molecule has 0 fully saturated rings. The minimum Gasteiger partial charge on any atom is -0.316 e. The predicted molar refractivity (Wildman–Crippen MR) is 69.4 cm³/mol. The van der Waals surface area contributed by atoms with Gasteiger partial charge in [0.1, 0.15) is 6.04 Å². The van der Waals surface area contributed by atoms with Crippen LogP contribution in [0.15, 0.2) is 23.1 Å². The molecule has 0 saturated heterocycles. The number of benzene rings is 1. The number of likely N-dealkylation sites (N-methyl/N-ethyl adjacent to an activating group) is 1. The molecule has 1 aliphatic rings. The summed E-state index contributed by atoms with van der Waals surface area (Å²) in [6.45, 7) is 0. The summed E-state index contributed by atoms with van der Waals surface area (Å²) < 4.78 is 0. The van der Waals surface area contributed by atoms with Crippen LogP contribution >= 0.6 is 11.8 Å². The lowest BCUT2D eigenvalue weighted by Gasteiger charge is -2.20. The minimum atomic E-state index is -0.665. The van der Waals surface area contributed by atoms with E-state index in [0.717, 1.165) is 17.0 Å². The number of carbonyl (C=O) groups excluding carboxylic acids is 1. The monoisotopic (exact) mass is 251 g/mol. The first-order valence-electron chi connectivity index (χ1n) is 5.63. The average Bonchev–Trinajstić information content (AvgIpc) is 2.36. The van der Waals surface area contributed by atoms with Crippen LogP contribution in [0.2, 0.25) is 0 Å². The molecule has 0 saturated carbocycles. The van der Waals surface area contributed by atoms with Gasteiger partial charge >= 0.3 is 0 Å². The van der Waals surface area contributed by atoms with Crippen molar-refractivity contribution in [1.82, 2.24) is 5.01 Å². The molecular formula is C12H17N3OS. The highest BCUT2D eigenvalue weighted by Crippen LogP contribution is 2.31. The average molecular weight is 251 g/mol. The molecule has 4 nitrogen and oxygen atoms in total. The molecule has 0 bridgehead atoms. The molecule has 1 aromatic carbocycles. The van der Waals surface area contributed by atoms with Crippen molar-refractivity contribution in [2.24, 2.45) is 11.6 Å². The highest BCUT2D eigenvalue weighted by Gasteiger charge is 2.20. The SMILES string of the molecule is CN(N)C(=O)C(N)c1ccc2c(c1)CCCS2. The molecule has 1 aromatic rings. The van der Waals surface area contributed by atoms with E-state index in [0.29, 0.717) is 0 Å². The minimum absolute atomic E-state index is 0.270. The third-order valence-electron chi connectivity index (χ3n) is 2.91. The maximum Gasteiger partial charge on any atom is 0.257 e. The van der Waals surface area contributed by atoms with Crippen LogP contribution in [0.4, 0.5) is 0 Å². The zero-order chi connectivity index (χ0) is 12.4. The van der Waals surface area contributed by atoms with Gasteiger partial charge in [0.15, 0.2) is 0 Å². The largest absolute Gasteiger partial charge is 0.316 e. The normalized spacial score (nSPS) is 16.2. The third kappa shape index (κ3) is 2.62. The Labute approximate surface area is 105 Å². The van der Waals surface area contributed by atoms with Crippen LogP contribution in [0.25, 0.3) is 0 Å². The van der Waals surface area contributed by atoms with Crippen molar-refractivity contribution < 1.29 is 4.79 Å². The molecule has 5 heteroatoms. The lowest BCUT2D eigenvalue weighted by molar-refractivity contribution is -0.131. The van der Waals surface area contributed by atoms with Crippen molar-refractivity contribution in [2.45, 2.75) is 23.8 Å². The molecule has 0 aliphatic carbocycles. The number of carbonyl (C=O) groups is 1. The van der Waals surface area contributed by atoms with Crippen molar-refractivity contribution in [2.75, 3.05) is 12.8 Å². The van der Waals surface area contributed by atoms with Gasteiger partial charge < -0.3 is 5.73 Å². The standard InChI is InChI=1S/C12H17N3OS/c1-15(14)12(16)11(13)9-4-5-10-8(7-9)3-2-6-17-10/h4-5,7,11H,2-3,6,13-14H2,1H3. The van der Waals surface area contributed by atoms with E-state index in [-0.39, 0.29) is 5.91 Å². The molecule has 2 rings (SSSR count). The second kappa shape index (κ2) is 5.08. The van der Waals surface area contributed by atoms with Gasteiger partial charge in [-0.1, -0.05) is 12.1 Å². The summed E-state index contributed by atoms with van der Waals surface area (Å²) in [4.78, 5) is 13.0. The van der Waals surface area contributed by atoms with Crippen molar-refractivity contribution >= 4 is 17.7 Å². The molecule has 0 spiro atoms. The number of hydrogen-bond donors (Lipinski definition) is 2. The fourth-order valence-corrected chi connectivity index (χ4v) is 2.95. The predicted octanol–water partition coefficient (Wildman–Crippen LogP) is 1.06. The summed E-state index contributed by atoms with van der Waals surface area (Å²) in [6.07, 6.45) is 2.25.